The van der Waals surface area contributed by atoms with Crippen molar-refractivity contribution in [3.63, 3.8) is 0 Å². The molecule has 0 aliphatic carbocycles. The highest BCUT2D eigenvalue weighted by molar-refractivity contribution is 6.35. The van der Waals surface area contributed by atoms with E-state index in [1.807, 2.05) is 32.0 Å². The van der Waals surface area contributed by atoms with Crippen molar-refractivity contribution in [1.82, 2.24) is 10.7 Å². The number of benzene rings is 2. The number of hydrazone groups is 1. The molecule has 3 N–H and O–H groups in total. The summed E-state index contributed by atoms with van der Waals surface area (Å²) in [6, 6.07) is 12.6. The van der Waals surface area contributed by atoms with Crippen LogP contribution in [0, 0.1) is 13.8 Å². The number of ether oxygens (including phenoxy) is 1. The van der Waals surface area contributed by atoms with Gasteiger partial charge in [0, 0.05) is 17.8 Å². The van der Waals surface area contributed by atoms with E-state index >= 15 is 0 Å². The average molecular weight is 396 g/mol. The molecule has 29 heavy (non-hydrogen) atoms. The predicted molar refractivity (Wildman–Crippen MR) is 111 cm³/mol. The Balaban J connectivity index is 1.95. The van der Waals surface area contributed by atoms with E-state index in [-0.39, 0.29) is 12.5 Å². The molecule has 152 valence electrons. The number of nitrogens with one attached hydrogen (secondary N) is 3. The number of hydrogen-bond acceptors (Lipinski definition) is 5. The number of nitrogens with zero attached hydrogens (tertiary/aromatic N) is 1. The first-order chi connectivity index (χ1) is 13.9. The number of aryl methyl sites for hydroxylation is 1. The van der Waals surface area contributed by atoms with Crippen molar-refractivity contribution in [2.75, 3.05) is 18.5 Å². The zero-order valence-corrected chi connectivity index (χ0v) is 16.6. The van der Waals surface area contributed by atoms with Crippen molar-refractivity contribution in [3.05, 3.63) is 59.2 Å². The predicted octanol–water partition coefficient (Wildman–Crippen LogP) is 1.91. The highest BCUT2D eigenvalue weighted by atomic mass is 16.5. The lowest BCUT2D eigenvalue weighted by atomic mass is 10.1. The van der Waals surface area contributed by atoms with Gasteiger partial charge < -0.3 is 15.4 Å². The largest absolute Gasteiger partial charge is 0.483 e. The molecule has 0 aliphatic rings. The maximum atomic E-state index is 12.2. The second-order valence-corrected chi connectivity index (χ2v) is 6.18. The minimum Gasteiger partial charge on any atom is -0.483 e. The topological polar surface area (TPSA) is 109 Å². The summed E-state index contributed by atoms with van der Waals surface area (Å²) in [6.45, 7) is 5.77. The van der Waals surface area contributed by atoms with E-state index in [4.69, 9.17) is 4.74 Å². The Kier molecular flexibility index (Phi) is 7.90. The van der Waals surface area contributed by atoms with Crippen LogP contribution in [0.1, 0.15) is 23.6 Å². The second-order valence-electron chi connectivity index (χ2n) is 6.18. The van der Waals surface area contributed by atoms with Gasteiger partial charge in [-0.25, -0.2) is 5.43 Å². The molecule has 0 aliphatic heterocycles. The van der Waals surface area contributed by atoms with Crippen LogP contribution in [0.25, 0.3) is 0 Å². The van der Waals surface area contributed by atoms with Gasteiger partial charge in [0.05, 0.1) is 6.21 Å². The van der Waals surface area contributed by atoms with Gasteiger partial charge in [0.1, 0.15) is 5.75 Å². The second kappa shape index (κ2) is 10.6. The molecule has 0 atom stereocenters. The van der Waals surface area contributed by atoms with E-state index in [1.165, 1.54) is 6.21 Å². The third-order valence-corrected chi connectivity index (χ3v) is 4.07. The zero-order valence-electron chi connectivity index (χ0n) is 16.6. The molecule has 2 rings (SSSR count). The van der Waals surface area contributed by atoms with Gasteiger partial charge in [0.25, 0.3) is 5.91 Å². The molecule has 0 heterocycles. The number of anilines is 1. The molecule has 0 fully saturated rings. The summed E-state index contributed by atoms with van der Waals surface area (Å²) in [4.78, 5) is 35.1. The molecule has 0 aromatic heterocycles. The highest BCUT2D eigenvalue weighted by Crippen LogP contribution is 2.19. The summed E-state index contributed by atoms with van der Waals surface area (Å²) in [5.74, 6) is -1.51. The van der Waals surface area contributed by atoms with Crippen LogP contribution >= 0.6 is 0 Å². The molecule has 2 aromatic carbocycles. The summed E-state index contributed by atoms with van der Waals surface area (Å²) in [7, 11) is 0. The molecular weight excluding hydrogens is 372 g/mol. The van der Waals surface area contributed by atoms with E-state index in [0.717, 1.165) is 16.8 Å². The Bertz CT molecular complexity index is 925. The summed E-state index contributed by atoms with van der Waals surface area (Å²) in [6.07, 6.45) is 1.34. The SMILES string of the molecule is CCNC(=O)C(=O)N/N=C\c1ccccc1OCC(=O)Nc1cccc(C)c1C. The average Bonchev–Trinajstić information content (AvgIpc) is 2.70. The number of carbonyl (C=O) groups is 3. The fourth-order valence-corrected chi connectivity index (χ4v) is 2.39. The van der Waals surface area contributed by atoms with Crippen LogP contribution in [0.5, 0.6) is 5.75 Å². The third kappa shape index (κ3) is 6.46. The third-order valence-electron chi connectivity index (χ3n) is 4.07. The van der Waals surface area contributed by atoms with Crippen LogP contribution in [0.15, 0.2) is 47.6 Å². The van der Waals surface area contributed by atoms with Gasteiger partial charge in [-0.05, 0) is 50.1 Å². The van der Waals surface area contributed by atoms with Crippen LogP contribution in [0.2, 0.25) is 0 Å². The number of rotatable bonds is 7. The van der Waals surface area contributed by atoms with Crippen LogP contribution in [-0.4, -0.2) is 37.1 Å². The van der Waals surface area contributed by atoms with Crippen molar-refractivity contribution in [2.24, 2.45) is 5.10 Å². The molecular formula is C21H24N4O4. The standard InChI is InChI=1S/C21H24N4O4/c1-4-22-20(27)21(28)25-23-12-16-9-5-6-11-18(16)29-13-19(26)24-17-10-7-8-14(2)15(17)3/h5-12H,4,13H2,1-3H3,(H,22,27)(H,24,26)(H,25,28)/b23-12-. The first-order valence-corrected chi connectivity index (χ1v) is 9.11. The van der Waals surface area contributed by atoms with E-state index in [1.54, 1.807) is 31.2 Å². The normalized spacial score (nSPS) is 10.4. The lowest BCUT2D eigenvalue weighted by Crippen LogP contribution is -2.37. The van der Waals surface area contributed by atoms with Gasteiger partial charge >= 0.3 is 11.8 Å². The summed E-state index contributed by atoms with van der Waals surface area (Å²) in [5, 5.41) is 8.95. The number of carbonyl (C=O) groups excluding carboxylic acids is 3. The summed E-state index contributed by atoms with van der Waals surface area (Å²) in [5.41, 5.74) is 5.50. The van der Waals surface area contributed by atoms with Crippen LogP contribution in [-0.2, 0) is 14.4 Å². The zero-order chi connectivity index (χ0) is 21.2. The van der Waals surface area contributed by atoms with Crippen molar-refractivity contribution in [3.8, 4) is 5.75 Å². The Morgan fingerprint density at radius 2 is 1.79 bits per heavy atom. The molecule has 2 aromatic rings. The van der Waals surface area contributed by atoms with E-state index < -0.39 is 11.8 Å². The van der Waals surface area contributed by atoms with Crippen LogP contribution in [0.3, 0.4) is 0 Å². The van der Waals surface area contributed by atoms with Crippen LogP contribution in [0.4, 0.5) is 5.69 Å². The first-order valence-electron chi connectivity index (χ1n) is 9.11. The summed E-state index contributed by atoms with van der Waals surface area (Å²) >= 11 is 0. The van der Waals surface area contributed by atoms with Crippen molar-refractivity contribution in [1.29, 1.82) is 0 Å². The van der Waals surface area contributed by atoms with Crippen molar-refractivity contribution >= 4 is 29.6 Å². The quantitative estimate of drug-likeness (QED) is 0.377. The molecule has 3 amide bonds. The molecule has 0 spiro atoms. The van der Waals surface area contributed by atoms with E-state index in [0.29, 0.717) is 17.9 Å². The minimum atomic E-state index is -0.866. The van der Waals surface area contributed by atoms with Gasteiger partial charge in [-0.2, -0.15) is 5.10 Å². The molecule has 8 nitrogen and oxygen atoms in total. The maximum absolute atomic E-state index is 12.2. The van der Waals surface area contributed by atoms with Gasteiger partial charge in [-0.3, -0.25) is 14.4 Å². The Labute approximate surface area is 169 Å². The van der Waals surface area contributed by atoms with Gasteiger partial charge in [-0.15, -0.1) is 0 Å². The molecule has 0 bridgehead atoms. The molecule has 0 unspecified atom stereocenters. The Morgan fingerprint density at radius 3 is 2.55 bits per heavy atom. The number of hydrogen-bond donors (Lipinski definition) is 3. The monoisotopic (exact) mass is 396 g/mol. The number of likely N-dealkylation sites (N-methyl/N-ethyl adjacent to an activating group) is 1. The fraction of sp³-hybridized carbons (Fsp3) is 0.238. The van der Waals surface area contributed by atoms with Crippen molar-refractivity contribution in [2.45, 2.75) is 20.8 Å². The van der Waals surface area contributed by atoms with Crippen LogP contribution < -0.4 is 20.8 Å². The molecule has 8 heteroatoms. The van der Waals surface area contributed by atoms with Crippen molar-refractivity contribution < 1.29 is 19.1 Å². The lowest BCUT2D eigenvalue weighted by molar-refractivity contribution is -0.139. The maximum Gasteiger partial charge on any atom is 0.329 e. The molecule has 0 saturated heterocycles. The Hall–Kier alpha value is -3.68. The molecule has 0 saturated carbocycles. The van der Waals surface area contributed by atoms with E-state index in [9.17, 15) is 14.4 Å². The molecule has 0 radical (unpaired) electrons. The lowest BCUT2D eigenvalue weighted by Gasteiger charge is -2.12. The highest BCUT2D eigenvalue weighted by Gasteiger charge is 2.11. The van der Waals surface area contributed by atoms with Gasteiger partial charge in [-0.1, -0.05) is 24.3 Å². The summed E-state index contributed by atoms with van der Waals surface area (Å²) < 4.78 is 5.59. The smallest absolute Gasteiger partial charge is 0.329 e. The van der Waals surface area contributed by atoms with Gasteiger partial charge in [0.15, 0.2) is 6.61 Å². The van der Waals surface area contributed by atoms with Gasteiger partial charge in [0.2, 0.25) is 0 Å². The minimum absolute atomic E-state index is 0.191. The number of para-hydroxylation sites is 1. The first kappa shape index (κ1) is 21.6. The number of amides is 3. The Morgan fingerprint density at radius 1 is 1.03 bits per heavy atom. The fourth-order valence-electron chi connectivity index (χ4n) is 2.39. The van der Waals surface area contributed by atoms with E-state index in [2.05, 4.69) is 21.2 Å².